The molecule has 2 aromatic carbocycles. The number of carbonyl (C=O) groups is 1. The summed E-state index contributed by atoms with van der Waals surface area (Å²) in [6.45, 7) is 6.30. The van der Waals surface area contributed by atoms with Crippen LogP contribution in [0.25, 0.3) is 10.2 Å². The molecule has 0 aliphatic rings. The number of pyridine rings is 2. The van der Waals surface area contributed by atoms with Crippen LogP contribution in [-0.2, 0) is 13.1 Å². The van der Waals surface area contributed by atoms with Crippen LogP contribution >= 0.6 is 22.9 Å². The van der Waals surface area contributed by atoms with Gasteiger partial charge in [-0.15, -0.1) is 0 Å². The van der Waals surface area contributed by atoms with E-state index in [4.69, 9.17) is 16.3 Å². The summed E-state index contributed by atoms with van der Waals surface area (Å²) < 4.78 is 8.21. The van der Waals surface area contributed by atoms with Gasteiger partial charge in [0, 0.05) is 18.3 Å². The Morgan fingerprint density at radius 3 is 2.60 bits per heavy atom. The summed E-state index contributed by atoms with van der Waals surface area (Å²) >= 11 is 7.43. The second kappa shape index (κ2) is 11.9. The molecule has 8 nitrogen and oxygen atoms in total. The van der Waals surface area contributed by atoms with Crippen LogP contribution in [0.5, 0.6) is 5.75 Å². The van der Waals surface area contributed by atoms with Crippen LogP contribution in [0.4, 0.5) is 10.8 Å². The summed E-state index contributed by atoms with van der Waals surface area (Å²) in [6, 6.07) is 22.1. The molecular formula is C30H28ClN5O3S. The molecule has 5 rings (SSSR count). The van der Waals surface area contributed by atoms with E-state index in [1.54, 1.807) is 25.1 Å². The number of anilines is 2. The number of nitrogens with zero attached hydrogens (tertiary/aromatic N) is 3. The van der Waals surface area contributed by atoms with Crippen molar-refractivity contribution in [1.29, 1.82) is 0 Å². The van der Waals surface area contributed by atoms with Gasteiger partial charge >= 0.3 is 0 Å². The molecule has 0 aliphatic heterocycles. The van der Waals surface area contributed by atoms with E-state index in [0.717, 1.165) is 21.5 Å². The van der Waals surface area contributed by atoms with Crippen LogP contribution in [-0.4, -0.2) is 26.5 Å². The van der Waals surface area contributed by atoms with Gasteiger partial charge in [-0.2, -0.15) is 0 Å². The molecule has 3 heterocycles. The molecule has 2 N–H and O–H groups in total. The molecule has 5 aromatic rings. The third-order valence-electron chi connectivity index (χ3n) is 6.17. The Hall–Kier alpha value is -4.21. The summed E-state index contributed by atoms with van der Waals surface area (Å²) in [6.07, 6.45) is 0.0483. The van der Waals surface area contributed by atoms with Crippen molar-refractivity contribution in [2.24, 2.45) is 0 Å². The van der Waals surface area contributed by atoms with Crippen molar-refractivity contribution in [2.45, 2.75) is 40.0 Å². The van der Waals surface area contributed by atoms with Crippen molar-refractivity contribution in [3.8, 4) is 5.75 Å². The lowest BCUT2D eigenvalue weighted by Crippen LogP contribution is -2.28. The van der Waals surface area contributed by atoms with Crippen molar-refractivity contribution in [2.75, 3.05) is 10.6 Å². The molecule has 204 valence electrons. The highest BCUT2D eigenvalue weighted by Crippen LogP contribution is 2.31. The molecule has 0 atom stereocenters. The number of fused-ring (bicyclic) bond motifs is 1. The first-order valence-electron chi connectivity index (χ1n) is 12.8. The van der Waals surface area contributed by atoms with Crippen molar-refractivity contribution in [1.82, 2.24) is 14.5 Å². The Morgan fingerprint density at radius 1 is 1.05 bits per heavy atom. The fraction of sp³-hybridized carbons (Fsp3) is 0.200. The summed E-state index contributed by atoms with van der Waals surface area (Å²) in [4.78, 5) is 35.9. The molecule has 0 aliphatic carbocycles. The second-order valence-electron chi connectivity index (χ2n) is 9.50. The summed E-state index contributed by atoms with van der Waals surface area (Å²) in [5, 5.41) is 7.01. The molecule has 0 spiro atoms. The van der Waals surface area contributed by atoms with E-state index in [1.165, 1.54) is 22.0 Å². The van der Waals surface area contributed by atoms with Gasteiger partial charge in [-0.05, 0) is 56.7 Å². The maximum atomic E-state index is 13.8. The maximum absolute atomic E-state index is 13.8. The van der Waals surface area contributed by atoms with Gasteiger partial charge in [0.05, 0.1) is 39.8 Å². The van der Waals surface area contributed by atoms with Crippen LogP contribution < -0.4 is 20.9 Å². The smallest absolute Gasteiger partial charge is 0.261 e. The lowest BCUT2D eigenvalue weighted by atomic mass is 10.1. The number of ether oxygens (including phenoxy) is 1. The third-order valence-corrected chi connectivity index (χ3v) is 7.31. The number of aromatic nitrogens is 3. The number of halogens is 1. The number of nitrogens with one attached hydrogen (secondary N) is 2. The van der Waals surface area contributed by atoms with Crippen LogP contribution in [0.2, 0.25) is 5.15 Å². The zero-order valence-electron chi connectivity index (χ0n) is 22.3. The molecule has 40 heavy (non-hydrogen) atoms. The van der Waals surface area contributed by atoms with Gasteiger partial charge in [-0.25, -0.2) is 9.97 Å². The minimum atomic E-state index is -0.376. The summed E-state index contributed by atoms with van der Waals surface area (Å²) in [7, 11) is 0. The van der Waals surface area contributed by atoms with Gasteiger partial charge in [0.15, 0.2) is 5.13 Å². The first kappa shape index (κ1) is 27.4. The molecule has 3 aromatic heterocycles. The molecule has 0 radical (unpaired) electrons. The number of hydrogen-bond donors (Lipinski definition) is 2. The van der Waals surface area contributed by atoms with Gasteiger partial charge in [0.25, 0.3) is 11.5 Å². The molecule has 0 saturated carbocycles. The molecular weight excluding hydrogens is 546 g/mol. The van der Waals surface area contributed by atoms with Crippen LogP contribution in [0, 0.1) is 6.92 Å². The average Bonchev–Trinajstić information content (AvgIpc) is 3.31. The Bertz CT molecular complexity index is 1730. The number of amides is 1. The van der Waals surface area contributed by atoms with E-state index in [-0.39, 0.29) is 24.1 Å². The summed E-state index contributed by atoms with van der Waals surface area (Å²) in [5.41, 5.74) is 3.41. The fourth-order valence-corrected chi connectivity index (χ4v) is 5.42. The third kappa shape index (κ3) is 6.32. The standard InChI is InChI=1S/C30H28ClN5O3S/c1-18(2)39-22-12-13-23-25(14-22)40-30(34-23)35-29(38)28-19(3)36(17-21-10-7-11-26(31)33-21)27(37)15-24(28)32-16-20-8-5-4-6-9-20/h4-15,18,32H,16-17H2,1-3H3,(H,34,35,38). The van der Waals surface area contributed by atoms with Crippen molar-refractivity contribution in [3.63, 3.8) is 0 Å². The Balaban J connectivity index is 1.49. The highest BCUT2D eigenvalue weighted by Gasteiger charge is 2.21. The van der Waals surface area contributed by atoms with Gasteiger partial charge in [0.2, 0.25) is 0 Å². The van der Waals surface area contributed by atoms with Crippen molar-refractivity contribution < 1.29 is 9.53 Å². The summed E-state index contributed by atoms with van der Waals surface area (Å²) in [5.74, 6) is 0.368. The first-order valence-corrected chi connectivity index (χ1v) is 14.0. The zero-order chi connectivity index (χ0) is 28.2. The van der Waals surface area contributed by atoms with E-state index >= 15 is 0 Å². The van der Waals surface area contributed by atoms with Gasteiger partial charge in [0.1, 0.15) is 10.9 Å². The zero-order valence-corrected chi connectivity index (χ0v) is 23.8. The van der Waals surface area contributed by atoms with E-state index < -0.39 is 0 Å². The molecule has 1 amide bonds. The van der Waals surface area contributed by atoms with Crippen LogP contribution in [0.3, 0.4) is 0 Å². The predicted octanol–water partition coefficient (Wildman–Crippen LogP) is 6.51. The molecule has 0 bridgehead atoms. The Labute approximate surface area is 240 Å². The largest absolute Gasteiger partial charge is 0.491 e. The normalized spacial score (nSPS) is 11.1. The van der Waals surface area contributed by atoms with E-state index in [9.17, 15) is 9.59 Å². The lowest BCUT2D eigenvalue weighted by Gasteiger charge is -2.18. The van der Waals surface area contributed by atoms with Gasteiger partial charge in [-0.3, -0.25) is 14.9 Å². The molecule has 0 fully saturated rings. The average molecular weight is 574 g/mol. The highest BCUT2D eigenvalue weighted by molar-refractivity contribution is 7.22. The van der Waals surface area contributed by atoms with E-state index in [2.05, 4.69) is 20.6 Å². The SMILES string of the molecule is Cc1c(C(=O)Nc2nc3ccc(OC(C)C)cc3s2)c(NCc2ccccc2)cc(=O)n1Cc1cccc(Cl)n1. The van der Waals surface area contributed by atoms with Gasteiger partial charge in [-0.1, -0.05) is 59.3 Å². The topological polar surface area (TPSA) is 98.1 Å². The van der Waals surface area contributed by atoms with Gasteiger partial charge < -0.3 is 14.6 Å². The minimum Gasteiger partial charge on any atom is -0.491 e. The van der Waals surface area contributed by atoms with E-state index in [0.29, 0.717) is 39.5 Å². The fourth-order valence-electron chi connectivity index (χ4n) is 4.35. The quantitative estimate of drug-likeness (QED) is 0.195. The maximum Gasteiger partial charge on any atom is 0.261 e. The predicted molar refractivity (Wildman–Crippen MR) is 161 cm³/mol. The second-order valence-corrected chi connectivity index (χ2v) is 10.9. The number of rotatable bonds is 9. The van der Waals surface area contributed by atoms with Crippen LogP contribution in [0.1, 0.15) is 41.2 Å². The van der Waals surface area contributed by atoms with E-state index in [1.807, 2.05) is 62.4 Å². The highest BCUT2D eigenvalue weighted by atomic mass is 35.5. The van der Waals surface area contributed by atoms with Crippen molar-refractivity contribution in [3.05, 3.63) is 111 Å². The van der Waals surface area contributed by atoms with Crippen LogP contribution in [0.15, 0.2) is 77.6 Å². The Morgan fingerprint density at radius 2 is 1.85 bits per heavy atom. The first-order chi connectivity index (χ1) is 19.3. The monoisotopic (exact) mass is 573 g/mol. The van der Waals surface area contributed by atoms with Crippen molar-refractivity contribution >= 4 is 49.9 Å². The lowest BCUT2D eigenvalue weighted by molar-refractivity contribution is 0.102. The number of thiazole rings is 1. The molecule has 0 saturated heterocycles. The number of benzene rings is 2. The number of carbonyl (C=O) groups excluding carboxylic acids is 1. The number of hydrogen-bond acceptors (Lipinski definition) is 7. The molecule has 0 unspecified atom stereocenters. The minimum absolute atomic E-state index is 0.0483. The Kier molecular flexibility index (Phi) is 8.14. The molecule has 10 heteroatoms.